The number of hydrogen-bond donors (Lipinski definition) is 0. The van der Waals surface area contributed by atoms with Crippen molar-refractivity contribution in [2.45, 2.75) is 6.04 Å². The molecule has 3 aromatic carbocycles. The summed E-state index contributed by atoms with van der Waals surface area (Å²) in [5, 5.41) is 0. The quantitative estimate of drug-likeness (QED) is 0.511. The van der Waals surface area contributed by atoms with Crippen molar-refractivity contribution in [3.05, 3.63) is 100 Å². The number of anilines is 2. The Bertz CT molecular complexity index is 1040. The summed E-state index contributed by atoms with van der Waals surface area (Å²) in [4.78, 5) is 17.4. The van der Waals surface area contributed by atoms with Crippen LogP contribution < -0.4 is 9.80 Å². The number of nitrogens with zero attached hydrogens (tertiary/aromatic N) is 2. The van der Waals surface area contributed by atoms with Crippen LogP contribution in [0.4, 0.5) is 11.4 Å². The van der Waals surface area contributed by atoms with E-state index in [0.717, 1.165) is 27.0 Å². The molecule has 0 fully saturated rings. The SMILES string of the molecule is CN(C)c1ccc(C2C=Cc3ccccc3N2C(=O)c2ccccc2)cc1Br. The van der Waals surface area contributed by atoms with E-state index in [9.17, 15) is 4.79 Å². The monoisotopic (exact) mass is 432 g/mol. The molecule has 4 rings (SSSR count). The van der Waals surface area contributed by atoms with Gasteiger partial charge in [0.05, 0.1) is 17.4 Å². The lowest BCUT2D eigenvalue weighted by molar-refractivity contribution is 0.0980. The Hall–Kier alpha value is -2.85. The molecule has 0 bridgehead atoms. The number of carbonyl (C=O) groups excluding carboxylic acids is 1. The first kappa shape index (κ1) is 18.5. The third-order valence-electron chi connectivity index (χ3n) is 4.97. The summed E-state index contributed by atoms with van der Waals surface area (Å²) in [6.07, 6.45) is 4.20. The molecule has 0 aliphatic carbocycles. The summed E-state index contributed by atoms with van der Waals surface area (Å²) in [5.41, 5.74) is 4.82. The molecule has 28 heavy (non-hydrogen) atoms. The number of amides is 1. The molecule has 4 heteroatoms. The summed E-state index contributed by atoms with van der Waals surface area (Å²) in [5.74, 6) is -0.00444. The van der Waals surface area contributed by atoms with Crippen molar-refractivity contribution in [3.63, 3.8) is 0 Å². The fraction of sp³-hybridized carbons (Fsp3) is 0.125. The van der Waals surface area contributed by atoms with E-state index in [2.05, 4.69) is 51.2 Å². The first-order chi connectivity index (χ1) is 13.6. The van der Waals surface area contributed by atoms with Crippen LogP contribution in [0.1, 0.15) is 27.5 Å². The first-order valence-corrected chi connectivity index (χ1v) is 9.98. The molecule has 1 aliphatic rings. The lowest BCUT2D eigenvalue weighted by Crippen LogP contribution is -2.36. The van der Waals surface area contributed by atoms with Crippen molar-refractivity contribution >= 4 is 39.3 Å². The Morgan fingerprint density at radius 2 is 1.68 bits per heavy atom. The number of rotatable bonds is 3. The van der Waals surface area contributed by atoms with Gasteiger partial charge in [0.25, 0.3) is 5.91 Å². The summed E-state index contributed by atoms with van der Waals surface area (Å²) < 4.78 is 1.01. The number of para-hydroxylation sites is 1. The van der Waals surface area contributed by atoms with E-state index in [-0.39, 0.29) is 11.9 Å². The molecule has 0 aromatic heterocycles. The highest BCUT2D eigenvalue weighted by Crippen LogP contribution is 2.39. The van der Waals surface area contributed by atoms with Crippen LogP contribution in [0.2, 0.25) is 0 Å². The highest BCUT2D eigenvalue weighted by Gasteiger charge is 2.30. The summed E-state index contributed by atoms with van der Waals surface area (Å²) in [6, 6.07) is 23.6. The van der Waals surface area contributed by atoms with Crippen LogP contribution in [0.3, 0.4) is 0 Å². The molecule has 0 radical (unpaired) electrons. The largest absolute Gasteiger partial charge is 0.377 e. The van der Waals surface area contributed by atoms with Crippen LogP contribution in [0.5, 0.6) is 0 Å². The van der Waals surface area contributed by atoms with Gasteiger partial charge in [-0.3, -0.25) is 9.69 Å². The lowest BCUT2D eigenvalue weighted by atomic mass is 9.96. The second-order valence-corrected chi connectivity index (χ2v) is 7.86. The highest BCUT2D eigenvalue weighted by atomic mass is 79.9. The maximum Gasteiger partial charge on any atom is 0.259 e. The molecule has 1 atom stereocenters. The van der Waals surface area contributed by atoms with Crippen molar-refractivity contribution in [3.8, 4) is 0 Å². The summed E-state index contributed by atoms with van der Waals surface area (Å²) >= 11 is 3.68. The Morgan fingerprint density at radius 1 is 0.964 bits per heavy atom. The second-order valence-electron chi connectivity index (χ2n) is 7.01. The second kappa shape index (κ2) is 7.64. The van der Waals surface area contributed by atoms with Gasteiger partial charge >= 0.3 is 0 Å². The van der Waals surface area contributed by atoms with Gasteiger partial charge in [-0.1, -0.05) is 54.6 Å². The standard InChI is InChI=1S/C24H21BrN2O/c1-26(2)23-15-13-19(16-20(23)25)22-14-12-17-8-6-7-11-21(17)27(22)24(28)18-9-4-3-5-10-18/h3-16,22H,1-2H3. The third kappa shape index (κ3) is 3.36. The van der Waals surface area contributed by atoms with Gasteiger partial charge in [0.1, 0.15) is 0 Å². The Balaban J connectivity index is 1.82. The molecule has 3 nitrogen and oxygen atoms in total. The zero-order valence-corrected chi connectivity index (χ0v) is 17.4. The van der Waals surface area contributed by atoms with Crippen LogP contribution in [-0.4, -0.2) is 20.0 Å². The fourth-order valence-electron chi connectivity index (χ4n) is 3.56. The van der Waals surface area contributed by atoms with Crippen molar-refractivity contribution < 1.29 is 4.79 Å². The zero-order valence-electron chi connectivity index (χ0n) is 15.8. The molecule has 1 amide bonds. The van der Waals surface area contributed by atoms with Crippen molar-refractivity contribution in [1.82, 2.24) is 0 Å². The number of halogens is 1. The molecular weight excluding hydrogens is 412 g/mol. The van der Waals surface area contributed by atoms with Crippen LogP contribution in [0.15, 0.2) is 83.3 Å². The van der Waals surface area contributed by atoms with Crippen LogP contribution in [0.25, 0.3) is 6.08 Å². The lowest BCUT2D eigenvalue weighted by Gasteiger charge is -2.34. The molecule has 0 N–H and O–H groups in total. The smallest absolute Gasteiger partial charge is 0.259 e. The van der Waals surface area contributed by atoms with Gasteiger partial charge in [0.15, 0.2) is 0 Å². The van der Waals surface area contributed by atoms with Crippen LogP contribution in [0, 0.1) is 0 Å². The molecule has 1 unspecified atom stereocenters. The predicted octanol–water partition coefficient (Wildman–Crippen LogP) is 5.93. The van der Waals surface area contributed by atoms with E-state index in [4.69, 9.17) is 0 Å². The van der Waals surface area contributed by atoms with Crippen molar-refractivity contribution in [1.29, 1.82) is 0 Å². The third-order valence-corrected chi connectivity index (χ3v) is 5.60. The average Bonchev–Trinajstić information content (AvgIpc) is 2.72. The van der Waals surface area contributed by atoms with E-state index < -0.39 is 0 Å². The minimum Gasteiger partial charge on any atom is -0.377 e. The van der Waals surface area contributed by atoms with E-state index in [1.807, 2.05) is 73.6 Å². The zero-order chi connectivity index (χ0) is 19.7. The van der Waals surface area contributed by atoms with Gasteiger partial charge in [-0.25, -0.2) is 0 Å². The maximum atomic E-state index is 13.5. The normalized spacial score (nSPS) is 15.2. The topological polar surface area (TPSA) is 23.6 Å². The van der Waals surface area contributed by atoms with E-state index in [1.165, 1.54) is 0 Å². The minimum absolute atomic E-state index is 0.00444. The number of benzene rings is 3. The van der Waals surface area contributed by atoms with Gasteiger partial charge in [0, 0.05) is 24.1 Å². The molecule has 3 aromatic rings. The number of hydrogen-bond acceptors (Lipinski definition) is 2. The van der Waals surface area contributed by atoms with Crippen LogP contribution in [-0.2, 0) is 0 Å². The molecule has 1 heterocycles. The van der Waals surface area contributed by atoms with E-state index in [0.29, 0.717) is 5.56 Å². The van der Waals surface area contributed by atoms with Crippen molar-refractivity contribution in [2.24, 2.45) is 0 Å². The Morgan fingerprint density at radius 3 is 2.39 bits per heavy atom. The fourth-order valence-corrected chi connectivity index (χ4v) is 4.32. The molecular formula is C24H21BrN2O. The summed E-state index contributed by atoms with van der Waals surface area (Å²) in [7, 11) is 4.03. The molecule has 0 saturated heterocycles. The van der Waals surface area contributed by atoms with Crippen LogP contribution >= 0.6 is 15.9 Å². The number of fused-ring (bicyclic) bond motifs is 1. The van der Waals surface area contributed by atoms with E-state index in [1.54, 1.807) is 0 Å². The van der Waals surface area contributed by atoms with Gasteiger partial charge in [-0.15, -0.1) is 0 Å². The Labute approximate surface area is 174 Å². The predicted molar refractivity (Wildman–Crippen MR) is 120 cm³/mol. The highest BCUT2D eigenvalue weighted by molar-refractivity contribution is 9.10. The molecule has 0 saturated carbocycles. The van der Waals surface area contributed by atoms with Gasteiger partial charge in [-0.2, -0.15) is 0 Å². The maximum absolute atomic E-state index is 13.5. The Kier molecular flexibility index (Phi) is 5.05. The molecule has 140 valence electrons. The minimum atomic E-state index is -0.171. The summed E-state index contributed by atoms with van der Waals surface area (Å²) in [6.45, 7) is 0. The number of carbonyl (C=O) groups is 1. The van der Waals surface area contributed by atoms with Crippen molar-refractivity contribution in [2.75, 3.05) is 23.9 Å². The van der Waals surface area contributed by atoms with Gasteiger partial charge in [0.2, 0.25) is 0 Å². The average molecular weight is 433 g/mol. The first-order valence-electron chi connectivity index (χ1n) is 9.19. The van der Waals surface area contributed by atoms with E-state index >= 15 is 0 Å². The molecule has 1 aliphatic heterocycles. The van der Waals surface area contributed by atoms with Gasteiger partial charge in [-0.05, 0) is 57.4 Å². The van der Waals surface area contributed by atoms with Gasteiger partial charge < -0.3 is 4.90 Å². The molecule has 0 spiro atoms.